The average molecular weight is 391 g/mol. The summed E-state index contributed by atoms with van der Waals surface area (Å²) < 4.78 is 84.2. The number of rotatable bonds is 3. The van der Waals surface area contributed by atoms with Crippen LogP contribution in [0.4, 0.5) is 26.3 Å². The van der Waals surface area contributed by atoms with E-state index >= 15 is 0 Å². The second kappa shape index (κ2) is 6.91. The van der Waals surface area contributed by atoms with E-state index in [0.29, 0.717) is 0 Å². The number of halogens is 6. The summed E-state index contributed by atoms with van der Waals surface area (Å²) in [7, 11) is -4.40. The van der Waals surface area contributed by atoms with Crippen LogP contribution in [0, 0.1) is 0 Å². The second-order valence-electron chi connectivity index (χ2n) is 5.46. The van der Waals surface area contributed by atoms with Gasteiger partial charge in [-0.2, -0.15) is 26.3 Å². The Morgan fingerprint density at radius 3 is 2.04 bits per heavy atom. The van der Waals surface area contributed by atoms with E-state index < -0.39 is 31.1 Å². The third-order valence-corrected chi connectivity index (χ3v) is 5.60. The van der Waals surface area contributed by atoms with Crippen LogP contribution in [0.2, 0.25) is 0 Å². The van der Waals surface area contributed by atoms with Gasteiger partial charge in [-0.1, -0.05) is 48.5 Å². The third kappa shape index (κ3) is 3.85. The highest BCUT2D eigenvalue weighted by molar-refractivity contribution is 7.67. The quantitative estimate of drug-likeness (QED) is 0.511. The standard InChI is InChI=1S/C17H12F6NOP/c18-16(19,20)26(17(21,22)23)14-9-5-4-8-12(14)15-24-13(10-25-15)11-6-2-1-3-7-11/h1-9,13H,10H2/t13-/m1/s1. The van der Waals surface area contributed by atoms with Gasteiger partial charge in [0.1, 0.15) is 20.6 Å². The zero-order valence-corrected chi connectivity index (χ0v) is 13.9. The van der Waals surface area contributed by atoms with Gasteiger partial charge in [-0.05, 0) is 11.6 Å². The molecule has 3 rings (SSSR count). The normalized spacial score (nSPS) is 18.0. The molecule has 1 atom stereocenters. The molecular weight excluding hydrogens is 379 g/mol. The minimum Gasteiger partial charge on any atom is -0.475 e. The summed E-state index contributed by atoms with van der Waals surface area (Å²) in [5.41, 5.74) is 0.501. The summed E-state index contributed by atoms with van der Waals surface area (Å²) >= 11 is 0. The number of benzene rings is 2. The molecule has 1 aliphatic heterocycles. The van der Waals surface area contributed by atoms with Crippen LogP contribution in [0.1, 0.15) is 17.2 Å². The number of nitrogens with zero attached hydrogens (tertiary/aromatic N) is 1. The van der Waals surface area contributed by atoms with E-state index in [0.717, 1.165) is 17.7 Å². The van der Waals surface area contributed by atoms with Crippen LogP contribution in [0.25, 0.3) is 0 Å². The highest BCUT2D eigenvalue weighted by Crippen LogP contribution is 2.63. The SMILES string of the molecule is FC(F)(F)P(c1ccccc1C1=N[C@@H](c2ccccc2)CO1)C(F)(F)F. The van der Waals surface area contributed by atoms with E-state index in [4.69, 9.17) is 4.74 Å². The Hall–Kier alpha value is -2.08. The maximum atomic E-state index is 13.1. The van der Waals surface area contributed by atoms with Crippen molar-refractivity contribution in [3.05, 3.63) is 65.7 Å². The first kappa shape index (κ1) is 18.7. The molecule has 0 amide bonds. The van der Waals surface area contributed by atoms with Crippen molar-refractivity contribution in [1.82, 2.24) is 0 Å². The highest BCUT2D eigenvalue weighted by atomic mass is 31.1. The number of aliphatic imine (C=N–C) groups is 1. The molecule has 0 aliphatic carbocycles. The maximum absolute atomic E-state index is 13.1. The molecule has 0 saturated carbocycles. The third-order valence-electron chi connectivity index (χ3n) is 3.72. The zero-order valence-electron chi connectivity index (χ0n) is 13.1. The topological polar surface area (TPSA) is 21.6 Å². The van der Waals surface area contributed by atoms with Crippen LogP contribution in [0.5, 0.6) is 0 Å². The fraction of sp³-hybridized carbons (Fsp3) is 0.235. The predicted molar refractivity (Wildman–Crippen MR) is 86.8 cm³/mol. The molecule has 1 heterocycles. The summed E-state index contributed by atoms with van der Waals surface area (Å²) in [6.07, 6.45) is 0. The molecule has 0 radical (unpaired) electrons. The van der Waals surface area contributed by atoms with Crippen LogP contribution in [-0.4, -0.2) is 24.3 Å². The van der Waals surface area contributed by atoms with Gasteiger partial charge in [-0.3, -0.25) is 0 Å². The lowest BCUT2D eigenvalue weighted by Gasteiger charge is -2.24. The van der Waals surface area contributed by atoms with Crippen molar-refractivity contribution in [2.75, 3.05) is 6.61 Å². The van der Waals surface area contributed by atoms with E-state index in [9.17, 15) is 26.3 Å². The van der Waals surface area contributed by atoms with Crippen LogP contribution in [0.3, 0.4) is 0 Å². The van der Waals surface area contributed by atoms with Gasteiger partial charge in [0.25, 0.3) is 0 Å². The molecule has 2 nitrogen and oxygen atoms in total. The largest absolute Gasteiger partial charge is 0.475 e. The van der Waals surface area contributed by atoms with E-state index in [-0.39, 0.29) is 18.1 Å². The molecule has 1 aliphatic rings. The Kier molecular flexibility index (Phi) is 4.97. The van der Waals surface area contributed by atoms with E-state index in [1.807, 2.05) is 0 Å². The monoisotopic (exact) mass is 391 g/mol. The van der Waals surface area contributed by atoms with E-state index in [2.05, 4.69) is 4.99 Å². The Labute approximate surface area is 146 Å². The van der Waals surface area contributed by atoms with Crippen LogP contribution in [0.15, 0.2) is 59.6 Å². The highest BCUT2D eigenvalue weighted by Gasteiger charge is 2.58. The van der Waals surface area contributed by atoms with Crippen molar-refractivity contribution in [1.29, 1.82) is 0 Å². The lowest BCUT2D eigenvalue weighted by atomic mass is 10.1. The fourth-order valence-corrected chi connectivity index (χ4v) is 4.11. The molecule has 0 unspecified atom stereocenters. The molecule has 138 valence electrons. The van der Waals surface area contributed by atoms with Crippen molar-refractivity contribution in [3.63, 3.8) is 0 Å². The summed E-state index contributed by atoms with van der Waals surface area (Å²) in [6, 6.07) is 12.9. The summed E-state index contributed by atoms with van der Waals surface area (Å²) in [4.78, 5) is 4.21. The summed E-state index contributed by atoms with van der Waals surface area (Å²) in [5, 5.41) is -0.852. The van der Waals surface area contributed by atoms with Gasteiger partial charge in [0.05, 0.1) is 0 Å². The first-order chi connectivity index (χ1) is 12.2. The average Bonchev–Trinajstić information content (AvgIpc) is 3.03. The Morgan fingerprint density at radius 2 is 1.42 bits per heavy atom. The van der Waals surface area contributed by atoms with E-state index in [1.165, 1.54) is 12.1 Å². The second-order valence-corrected chi connectivity index (χ2v) is 7.63. The van der Waals surface area contributed by atoms with Crippen molar-refractivity contribution in [2.24, 2.45) is 4.99 Å². The Morgan fingerprint density at radius 1 is 0.846 bits per heavy atom. The Balaban J connectivity index is 2.03. The van der Waals surface area contributed by atoms with Crippen LogP contribution >= 0.6 is 7.92 Å². The lowest BCUT2D eigenvalue weighted by molar-refractivity contribution is -0.0811. The number of ether oxygens (including phenoxy) is 1. The molecule has 0 fully saturated rings. The minimum absolute atomic E-state index is 0.0592. The van der Waals surface area contributed by atoms with Crippen LogP contribution in [-0.2, 0) is 4.74 Å². The van der Waals surface area contributed by atoms with Gasteiger partial charge < -0.3 is 4.74 Å². The molecule has 0 bridgehead atoms. The molecule has 0 saturated heterocycles. The fourth-order valence-electron chi connectivity index (χ4n) is 2.63. The Bertz CT molecular complexity index is 789. The van der Waals surface area contributed by atoms with Crippen molar-refractivity contribution < 1.29 is 31.1 Å². The molecule has 0 N–H and O–H groups in total. The molecular formula is C17H12F6NOP. The van der Waals surface area contributed by atoms with Gasteiger partial charge in [0.2, 0.25) is 5.90 Å². The number of hydrogen-bond donors (Lipinski definition) is 0. The lowest BCUT2D eigenvalue weighted by Crippen LogP contribution is -2.29. The predicted octanol–water partition coefficient (Wildman–Crippen LogP) is 5.35. The first-order valence-corrected chi connectivity index (χ1v) is 8.81. The van der Waals surface area contributed by atoms with E-state index in [1.54, 1.807) is 30.3 Å². The molecule has 2 aromatic carbocycles. The smallest absolute Gasteiger partial charge is 0.418 e. The van der Waals surface area contributed by atoms with Gasteiger partial charge in [0.15, 0.2) is 0 Å². The number of alkyl halides is 6. The minimum atomic E-state index is -5.41. The number of hydrogen-bond acceptors (Lipinski definition) is 2. The first-order valence-electron chi connectivity index (χ1n) is 7.46. The molecule has 2 aromatic rings. The van der Waals surface area contributed by atoms with Crippen molar-refractivity contribution >= 4 is 19.1 Å². The maximum Gasteiger partial charge on any atom is 0.418 e. The van der Waals surface area contributed by atoms with Gasteiger partial charge in [0, 0.05) is 10.9 Å². The van der Waals surface area contributed by atoms with Crippen molar-refractivity contribution in [3.8, 4) is 0 Å². The van der Waals surface area contributed by atoms with Crippen LogP contribution < -0.4 is 5.30 Å². The van der Waals surface area contributed by atoms with Gasteiger partial charge in [-0.15, -0.1) is 0 Å². The summed E-state index contributed by atoms with van der Waals surface area (Å²) in [5.74, 6) is -11.0. The summed E-state index contributed by atoms with van der Waals surface area (Å²) in [6.45, 7) is 0.0592. The van der Waals surface area contributed by atoms with Gasteiger partial charge in [-0.25, -0.2) is 4.99 Å². The molecule has 26 heavy (non-hydrogen) atoms. The zero-order chi connectivity index (χ0) is 18.9. The molecule has 0 spiro atoms. The molecule has 0 aromatic heterocycles. The van der Waals surface area contributed by atoms with Crippen molar-refractivity contribution in [2.45, 2.75) is 17.9 Å². The molecule has 9 heteroatoms. The van der Waals surface area contributed by atoms with Gasteiger partial charge >= 0.3 is 11.8 Å².